The Kier molecular flexibility index (Phi) is 6.00. The van der Waals surface area contributed by atoms with Crippen LogP contribution in [-0.4, -0.2) is 28.3 Å². The van der Waals surface area contributed by atoms with E-state index in [1.807, 2.05) is 30.5 Å². The number of benzene rings is 2. The minimum absolute atomic E-state index is 0.250. The monoisotopic (exact) mass is 323 g/mol. The molecular formula is C18H17N3O3. The van der Waals surface area contributed by atoms with Crippen LogP contribution in [0.5, 0.6) is 5.75 Å². The van der Waals surface area contributed by atoms with Crippen LogP contribution in [0.3, 0.4) is 0 Å². The third kappa shape index (κ3) is 4.15. The second-order valence-corrected chi connectivity index (χ2v) is 4.88. The van der Waals surface area contributed by atoms with E-state index in [0.29, 0.717) is 0 Å². The first-order valence-corrected chi connectivity index (χ1v) is 7.37. The zero-order chi connectivity index (χ0) is 17.4. The molecule has 24 heavy (non-hydrogen) atoms. The highest BCUT2D eigenvalue weighted by molar-refractivity contribution is 5.58. The molecule has 0 amide bonds. The van der Waals surface area contributed by atoms with E-state index in [9.17, 15) is 0 Å². The summed E-state index contributed by atoms with van der Waals surface area (Å²) in [4.78, 5) is 16.2. The molecule has 3 aromatic rings. The van der Waals surface area contributed by atoms with Crippen LogP contribution in [0.2, 0.25) is 0 Å². The molecule has 0 saturated carbocycles. The van der Waals surface area contributed by atoms with Gasteiger partial charge in [-0.15, -0.1) is 5.10 Å². The molecular weight excluding hydrogens is 306 g/mol. The number of rotatable bonds is 4. The van der Waals surface area contributed by atoms with Crippen LogP contribution in [0, 0.1) is 0 Å². The predicted octanol–water partition coefficient (Wildman–Crippen LogP) is 2.92. The molecule has 0 bridgehead atoms. The molecule has 0 aliphatic heterocycles. The predicted molar refractivity (Wildman–Crippen MR) is 87.7 cm³/mol. The van der Waals surface area contributed by atoms with Crippen molar-refractivity contribution >= 4 is 6.15 Å². The van der Waals surface area contributed by atoms with Gasteiger partial charge >= 0.3 is 6.15 Å². The van der Waals surface area contributed by atoms with Gasteiger partial charge in [0.1, 0.15) is 11.4 Å². The van der Waals surface area contributed by atoms with Crippen molar-refractivity contribution in [2.45, 2.75) is 13.3 Å². The summed E-state index contributed by atoms with van der Waals surface area (Å²) >= 11 is 0. The smallest absolute Gasteiger partial charge is 0.373 e. The molecule has 3 rings (SSSR count). The first-order valence-electron chi connectivity index (χ1n) is 7.37. The van der Waals surface area contributed by atoms with E-state index in [1.54, 1.807) is 11.8 Å². The number of ether oxygens (including phenoxy) is 1. The van der Waals surface area contributed by atoms with Gasteiger partial charge < -0.3 is 4.74 Å². The first-order chi connectivity index (χ1) is 11.7. The van der Waals surface area contributed by atoms with Crippen molar-refractivity contribution in [2.75, 3.05) is 7.11 Å². The van der Waals surface area contributed by atoms with E-state index in [2.05, 4.69) is 41.5 Å². The lowest BCUT2D eigenvalue weighted by atomic mass is 10.1. The molecule has 6 nitrogen and oxygen atoms in total. The van der Waals surface area contributed by atoms with E-state index in [-0.39, 0.29) is 6.15 Å². The highest BCUT2D eigenvalue weighted by Crippen LogP contribution is 2.20. The van der Waals surface area contributed by atoms with Crippen LogP contribution < -0.4 is 4.74 Å². The number of carbonyl (C=O) groups excluding carboxylic acids is 2. The normalized spacial score (nSPS) is 9.58. The fraction of sp³-hybridized carbons (Fsp3) is 0.167. The third-order valence-electron chi connectivity index (χ3n) is 3.47. The Bertz CT molecular complexity index is 820. The van der Waals surface area contributed by atoms with E-state index < -0.39 is 0 Å². The van der Waals surface area contributed by atoms with Crippen LogP contribution in [0.15, 0.2) is 54.7 Å². The Balaban J connectivity index is 0.000000647. The zero-order valence-corrected chi connectivity index (χ0v) is 13.5. The zero-order valence-electron chi connectivity index (χ0n) is 13.5. The third-order valence-corrected chi connectivity index (χ3v) is 3.47. The van der Waals surface area contributed by atoms with Crippen molar-refractivity contribution in [1.82, 2.24) is 15.0 Å². The Hall–Kier alpha value is -3.24. The van der Waals surface area contributed by atoms with Gasteiger partial charge in [-0.1, -0.05) is 42.5 Å². The van der Waals surface area contributed by atoms with Crippen LogP contribution in [0.25, 0.3) is 16.9 Å². The van der Waals surface area contributed by atoms with Crippen molar-refractivity contribution in [3.8, 4) is 22.7 Å². The Morgan fingerprint density at radius 1 is 1.12 bits per heavy atom. The molecule has 1 heterocycles. The van der Waals surface area contributed by atoms with Gasteiger partial charge in [-0.05, 0) is 24.1 Å². The van der Waals surface area contributed by atoms with Crippen LogP contribution in [-0.2, 0) is 16.0 Å². The number of nitrogens with zero attached hydrogens (tertiary/aromatic N) is 3. The standard InChI is InChI=1S/C17H17N3O.CO2/c1-3-13-7-9-14(10-8-13)17-12-20(19-18-17)15-5-4-6-16(11-15)21-2;2-1-3/h4-12H,3H2,1-2H3;. The van der Waals surface area contributed by atoms with Gasteiger partial charge in [0.05, 0.1) is 19.0 Å². The summed E-state index contributed by atoms with van der Waals surface area (Å²) in [5.74, 6) is 0.803. The van der Waals surface area contributed by atoms with Crippen molar-refractivity contribution in [1.29, 1.82) is 0 Å². The van der Waals surface area contributed by atoms with E-state index >= 15 is 0 Å². The summed E-state index contributed by atoms with van der Waals surface area (Å²) in [6, 6.07) is 16.2. The molecule has 0 atom stereocenters. The van der Waals surface area contributed by atoms with Crippen LogP contribution in [0.4, 0.5) is 0 Å². The Labute approximate surface area is 139 Å². The molecule has 0 unspecified atom stereocenters. The summed E-state index contributed by atoms with van der Waals surface area (Å²) in [7, 11) is 1.65. The van der Waals surface area contributed by atoms with E-state index in [1.165, 1.54) is 5.56 Å². The summed E-state index contributed by atoms with van der Waals surface area (Å²) in [5.41, 5.74) is 4.18. The number of hydrogen-bond acceptors (Lipinski definition) is 5. The molecule has 0 saturated heterocycles. The SMILES string of the molecule is CCc1ccc(-c2cn(-c3cccc(OC)c3)nn2)cc1.O=C=O. The first kappa shape index (κ1) is 17.1. The number of aromatic nitrogens is 3. The van der Waals surface area contributed by atoms with Gasteiger partial charge in [0, 0.05) is 11.6 Å². The van der Waals surface area contributed by atoms with Crippen molar-refractivity contribution < 1.29 is 14.3 Å². The average Bonchev–Trinajstić information content (AvgIpc) is 3.13. The minimum atomic E-state index is 0.250. The maximum Gasteiger partial charge on any atom is 0.373 e. The molecule has 0 spiro atoms. The Morgan fingerprint density at radius 3 is 2.46 bits per heavy atom. The Morgan fingerprint density at radius 2 is 1.83 bits per heavy atom. The molecule has 1 aromatic heterocycles. The summed E-state index contributed by atoms with van der Waals surface area (Å²) in [5, 5.41) is 8.44. The highest BCUT2D eigenvalue weighted by atomic mass is 16.5. The van der Waals surface area contributed by atoms with Crippen LogP contribution >= 0.6 is 0 Å². The molecule has 122 valence electrons. The van der Waals surface area contributed by atoms with Crippen LogP contribution in [0.1, 0.15) is 12.5 Å². The van der Waals surface area contributed by atoms with Gasteiger partial charge in [0.2, 0.25) is 0 Å². The fourth-order valence-corrected chi connectivity index (χ4v) is 2.19. The molecule has 0 aliphatic carbocycles. The van der Waals surface area contributed by atoms with Crippen molar-refractivity contribution in [2.24, 2.45) is 0 Å². The fourth-order valence-electron chi connectivity index (χ4n) is 2.19. The van der Waals surface area contributed by atoms with Gasteiger partial charge in [0.25, 0.3) is 0 Å². The molecule has 2 aromatic carbocycles. The van der Waals surface area contributed by atoms with Gasteiger partial charge in [-0.25, -0.2) is 4.68 Å². The topological polar surface area (TPSA) is 74.1 Å². The van der Waals surface area contributed by atoms with Crippen molar-refractivity contribution in [3.05, 3.63) is 60.3 Å². The van der Waals surface area contributed by atoms with Gasteiger partial charge in [0.15, 0.2) is 0 Å². The number of methoxy groups -OCH3 is 1. The summed E-state index contributed by atoms with van der Waals surface area (Å²) in [6.45, 7) is 2.15. The largest absolute Gasteiger partial charge is 0.497 e. The highest BCUT2D eigenvalue weighted by Gasteiger charge is 2.06. The van der Waals surface area contributed by atoms with Gasteiger partial charge in [-0.3, -0.25) is 0 Å². The second-order valence-electron chi connectivity index (χ2n) is 4.88. The number of aryl methyl sites for hydroxylation is 1. The summed E-state index contributed by atoms with van der Waals surface area (Å²) < 4.78 is 6.99. The number of hydrogen-bond donors (Lipinski definition) is 0. The maximum absolute atomic E-state index is 8.12. The minimum Gasteiger partial charge on any atom is -0.497 e. The lowest BCUT2D eigenvalue weighted by Crippen LogP contribution is -1.95. The van der Waals surface area contributed by atoms with Gasteiger partial charge in [-0.2, -0.15) is 9.59 Å². The molecule has 0 N–H and O–H groups in total. The second kappa shape index (κ2) is 8.41. The van der Waals surface area contributed by atoms with E-state index in [0.717, 1.165) is 29.1 Å². The molecule has 6 heteroatoms. The lowest BCUT2D eigenvalue weighted by molar-refractivity contribution is -0.191. The molecule has 0 aliphatic rings. The van der Waals surface area contributed by atoms with E-state index in [4.69, 9.17) is 14.3 Å². The summed E-state index contributed by atoms with van der Waals surface area (Å²) in [6.07, 6.45) is 3.21. The molecule has 0 fully saturated rings. The molecule has 0 radical (unpaired) electrons. The average molecular weight is 323 g/mol. The maximum atomic E-state index is 8.12. The lowest BCUT2D eigenvalue weighted by Gasteiger charge is -2.03. The van der Waals surface area contributed by atoms with Crippen molar-refractivity contribution in [3.63, 3.8) is 0 Å². The quantitative estimate of drug-likeness (QED) is 0.738.